The lowest BCUT2D eigenvalue weighted by Crippen LogP contribution is -2.42. The minimum absolute atomic E-state index is 0.117. The smallest absolute Gasteiger partial charge is 0.303 e. The zero-order valence-electron chi connectivity index (χ0n) is 24.9. The second kappa shape index (κ2) is 13.2. The molecule has 232 valence electrons. The third-order valence-electron chi connectivity index (χ3n) is 8.36. The molecule has 1 saturated heterocycles. The number of aliphatic carboxylic acids is 1. The maximum absolute atomic E-state index is 13.9. The summed E-state index contributed by atoms with van der Waals surface area (Å²) in [5, 5.41) is 20.7. The van der Waals surface area contributed by atoms with E-state index >= 15 is 0 Å². The number of hydrogen-bond donors (Lipinski definition) is 3. The molecule has 1 fully saturated rings. The second-order valence-electron chi connectivity index (χ2n) is 11.5. The first-order valence-electron chi connectivity index (χ1n) is 14.9. The van der Waals surface area contributed by atoms with E-state index in [1.165, 1.54) is 4.31 Å². The first-order chi connectivity index (χ1) is 21.0. The van der Waals surface area contributed by atoms with Crippen LogP contribution >= 0.6 is 0 Å². The van der Waals surface area contributed by atoms with Gasteiger partial charge in [-0.2, -0.15) is 0 Å². The molecule has 3 unspecified atom stereocenters. The Hall–Kier alpha value is -4.15. The molecule has 2 aliphatic heterocycles. The number of phenolic OH excluding ortho intramolecular Hbond substituents is 1. The number of nitrogens with one attached hydrogen (secondary N) is 1. The number of benzene rings is 3. The van der Waals surface area contributed by atoms with Crippen LogP contribution in [0.5, 0.6) is 5.75 Å². The molecule has 44 heavy (non-hydrogen) atoms. The quantitative estimate of drug-likeness (QED) is 0.201. The van der Waals surface area contributed by atoms with E-state index in [-0.39, 0.29) is 18.1 Å². The summed E-state index contributed by atoms with van der Waals surface area (Å²) in [6.45, 7) is 1.95. The molecule has 0 spiro atoms. The van der Waals surface area contributed by atoms with Crippen LogP contribution in [0, 0.1) is 6.92 Å². The molecule has 0 aromatic heterocycles. The molecule has 3 atom stereocenters. The fourth-order valence-electron chi connectivity index (χ4n) is 5.98. The van der Waals surface area contributed by atoms with Crippen LogP contribution < -0.4 is 9.62 Å². The summed E-state index contributed by atoms with van der Waals surface area (Å²) in [7, 11) is -2.21. The lowest BCUT2D eigenvalue weighted by Gasteiger charge is -2.29. The number of hydrogen-bond acceptors (Lipinski definition) is 6. The van der Waals surface area contributed by atoms with Gasteiger partial charge in [-0.15, -0.1) is 0 Å². The van der Waals surface area contributed by atoms with Crippen molar-refractivity contribution < 1.29 is 33.0 Å². The van der Waals surface area contributed by atoms with E-state index in [4.69, 9.17) is 9.84 Å². The Balaban J connectivity index is 1.36. The van der Waals surface area contributed by atoms with Gasteiger partial charge in [0, 0.05) is 25.6 Å². The Labute approximate surface area is 258 Å². The average Bonchev–Trinajstić information content (AvgIpc) is 3.60. The van der Waals surface area contributed by atoms with Crippen LogP contribution in [-0.4, -0.2) is 55.0 Å². The highest BCUT2D eigenvalue weighted by Gasteiger charge is 2.53. The molecule has 3 aromatic rings. The molecular weight excluding hydrogens is 580 g/mol. The predicted octanol–water partition coefficient (Wildman–Crippen LogP) is 5.98. The number of nitrogens with zero attached hydrogens (tertiary/aromatic N) is 1. The number of carbonyl (C=O) groups is 2. The first-order valence-corrected chi connectivity index (χ1v) is 16.4. The molecule has 3 N–H and O–H groups in total. The number of carboxylic acids is 1. The number of rotatable bonds is 13. The van der Waals surface area contributed by atoms with Crippen LogP contribution in [-0.2, 0) is 24.3 Å². The number of unbranched alkanes of at least 4 members (excludes halogenated alkanes) is 3. The fraction of sp³-hybridized carbons (Fsp3) is 0.353. The Bertz CT molecular complexity index is 1630. The van der Waals surface area contributed by atoms with Gasteiger partial charge < -0.3 is 20.3 Å². The monoisotopic (exact) mass is 618 g/mol. The van der Waals surface area contributed by atoms with Gasteiger partial charge >= 0.3 is 5.97 Å². The second-order valence-corrected chi connectivity index (χ2v) is 13.7. The number of sulfonamides is 1. The van der Waals surface area contributed by atoms with Crippen molar-refractivity contribution in [3.8, 4) is 5.75 Å². The molecular formula is C34H38N2O7S. The van der Waals surface area contributed by atoms with E-state index in [1.807, 2.05) is 43.3 Å². The molecule has 9 nitrogen and oxygen atoms in total. The minimum atomic E-state index is -3.78. The van der Waals surface area contributed by atoms with Gasteiger partial charge in [0.05, 0.1) is 11.8 Å². The van der Waals surface area contributed by atoms with E-state index in [1.54, 1.807) is 43.4 Å². The predicted molar refractivity (Wildman–Crippen MR) is 171 cm³/mol. The van der Waals surface area contributed by atoms with Crippen LogP contribution in [0.1, 0.15) is 61.6 Å². The molecule has 2 aliphatic rings. The summed E-state index contributed by atoms with van der Waals surface area (Å²) in [6, 6.07) is 21.5. The summed E-state index contributed by atoms with van der Waals surface area (Å²) in [6.07, 6.45) is 2.53. The number of amides is 1. The number of phenols is 1. The maximum Gasteiger partial charge on any atom is 0.303 e. The molecule has 0 radical (unpaired) electrons. The third-order valence-corrected chi connectivity index (χ3v) is 10.5. The van der Waals surface area contributed by atoms with Crippen LogP contribution in [0.3, 0.4) is 0 Å². The molecule has 10 heteroatoms. The van der Waals surface area contributed by atoms with E-state index in [9.17, 15) is 23.1 Å². The number of fused-ring (bicyclic) bond motifs is 2. The Morgan fingerprint density at radius 3 is 2.09 bits per heavy atom. The zero-order chi connectivity index (χ0) is 31.4. The van der Waals surface area contributed by atoms with Crippen LogP contribution in [0.15, 0.2) is 72.8 Å². The molecule has 5 rings (SSSR count). The molecule has 1 amide bonds. The summed E-state index contributed by atoms with van der Waals surface area (Å²) in [4.78, 5) is 23.1. The lowest BCUT2D eigenvalue weighted by molar-refractivity contribution is -0.137. The number of carbonyl (C=O) groups excluding carboxylic acids is 1. The standard InChI is InChI=1S/C34H38N2O7S/c1-22-9-17-26(18-10-22)36(2)44(41,42)29-21-28-32(23-13-19-27(37)20-14-23)33(34(29)43-28)24-11-15-25(16-12-24)35-30(38)7-5-3-4-6-8-31(39)40/h9-20,28-29,34,37H,3-8,21H2,1-2H3,(H,35,38)(H,39,40). The Kier molecular flexibility index (Phi) is 9.41. The van der Waals surface area contributed by atoms with Crippen molar-refractivity contribution in [3.63, 3.8) is 0 Å². The largest absolute Gasteiger partial charge is 0.508 e. The molecule has 0 aliphatic carbocycles. The number of aromatic hydroxyl groups is 1. The van der Waals surface area contributed by atoms with E-state index in [0.717, 1.165) is 40.7 Å². The summed E-state index contributed by atoms with van der Waals surface area (Å²) >= 11 is 0. The van der Waals surface area contributed by atoms with Crippen LogP contribution in [0.25, 0.3) is 11.1 Å². The SMILES string of the molecule is Cc1ccc(N(C)S(=O)(=O)C2CC3OC2C(c2ccc(NC(=O)CCCCCCC(=O)O)cc2)=C3c2ccc(O)cc2)cc1. The highest BCUT2D eigenvalue weighted by molar-refractivity contribution is 7.93. The number of ether oxygens (including phenoxy) is 1. The Morgan fingerprint density at radius 2 is 1.45 bits per heavy atom. The first kappa shape index (κ1) is 31.3. The highest BCUT2D eigenvalue weighted by atomic mass is 32.2. The van der Waals surface area contributed by atoms with Crippen LogP contribution in [0.2, 0.25) is 0 Å². The topological polar surface area (TPSA) is 133 Å². The average molecular weight is 619 g/mol. The van der Waals surface area contributed by atoms with Gasteiger partial charge in [0.2, 0.25) is 15.9 Å². The van der Waals surface area contributed by atoms with E-state index in [0.29, 0.717) is 37.1 Å². The lowest BCUT2D eigenvalue weighted by atomic mass is 9.83. The zero-order valence-corrected chi connectivity index (χ0v) is 25.7. The summed E-state index contributed by atoms with van der Waals surface area (Å²) in [5.74, 6) is -0.782. The third kappa shape index (κ3) is 6.81. The van der Waals surface area contributed by atoms with Gasteiger partial charge in [-0.25, -0.2) is 8.42 Å². The molecule has 2 bridgehead atoms. The van der Waals surface area contributed by atoms with Crippen molar-refractivity contribution in [2.24, 2.45) is 0 Å². The molecule has 3 aromatic carbocycles. The van der Waals surface area contributed by atoms with Gasteiger partial charge in [-0.1, -0.05) is 54.8 Å². The van der Waals surface area contributed by atoms with Crippen molar-refractivity contribution in [1.82, 2.24) is 0 Å². The van der Waals surface area contributed by atoms with E-state index in [2.05, 4.69) is 5.32 Å². The molecule has 2 heterocycles. The van der Waals surface area contributed by atoms with Crippen molar-refractivity contribution in [3.05, 3.63) is 89.5 Å². The number of anilines is 2. The number of aryl methyl sites for hydroxylation is 1. The van der Waals surface area contributed by atoms with Crippen molar-refractivity contribution in [2.45, 2.75) is 69.3 Å². The highest BCUT2D eigenvalue weighted by Crippen LogP contribution is 2.51. The molecule has 0 saturated carbocycles. The Morgan fingerprint density at radius 1 is 0.864 bits per heavy atom. The van der Waals surface area contributed by atoms with Crippen molar-refractivity contribution in [2.75, 3.05) is 16.7 Å². The summed E-state index contributed by atoms with van der Waals surface area (Å²) in [5.41, 5.74) is 5.60. The van der Waals surface area contributed by atoms with Gasteiger partial charge in [0.1, 0.15) is 17.1 Å². The summed E-state index contributed by atoms with van der Waals surface area (Å²) < 4.78 is 35.6. The fourth-order valence-corrected chi connectivity index (χ4v) is 7.73. The number of carboxylic acid groups (broad SMARTS) is 1. The van der Waals surface area contributed by atoms with Gasteiger partial charge in [0.25, 0.3) is 0 Å². The van der Waals surface area contributed by atoms with E-state index < -0.39 is 33.5 Å². The normalized spacial score (nSPS) is 19.3. The van der Waals surface area contributed by atoms with Crippen LogP contribution in [0.4, 0.5) is 11.4 Å². The van der Waals surface area contributed by atoms with Gasteiger partial charge in [-0.3, -0.25) is 13.9 Å². The van der Waals surface area contributed by atoms with Gasteiger partial charge in [0.15, 0.2) is 0 Å². The maximum atomic E-state index is 13.9. The van der Waals surface area contributed by atoms with Crippen molar-refractivity contribution in [1.29, 1.82) is 0 Å². The van der Waals surface area contributed by atoms with Crippen molar-refractivity contribution >= 4 is 44.4 Å². The minimum Gasteiger partial charge on any atom is -0.508 e. The van der Waals surface area contributed by atoms with Gasteiger partial charge in [-0.05, 0) is 84.9 Å².